The van der Waals surface area contributed by atoms with Crippen molar-refractivity contribution in [1.82, 2.24) is 0 Å². The molecule has 0 heterocycles. The summed E-state index contributed by atoms with van der Waals surface area (Å²) in [4.78, 5) is 0. The van der Waals surface area contributed by atoms with E-state index in [9.17, 15) is 17.6 Å². The maximum atomic E-state index is 13.2. The minimum Gasteiger partial charge on any atom is -0.456 e. The number of anilines is 1. The van der Waals surface area contributed by atoms with Crippen LogP contribution in [0.15, 0.2) is 36.4 Å². The summed E-state index contributed by atoms with van der Waals surface area (Å²) in [6, 6.07) is 6.18. The summed E-state index contributed by atoms with van der Waals surface area (Å²) in [6.07, 6.45) is -4.52. The Hall–Kier alpha value is -1.95. The van der Waals surface area contributed by atoms with Crippen molar-refractivity contribution in [2.24, 2.45) is 0 Å². The Balaban J connectivity index is 2.35. The van der Waals surface area contributed by atoms with Gasteiger partial charge in [-0.3, -0.25) is 0 Å². The number of benzene rings is 2. The Morgan fingerprint density at radius 2 is 1.75 bits per heavy atom. The SMILES string of the molecule is Nc1ccc(Oc2cc(C(F)(F)F)ccc2Cl)cc1F. The highest BCUT2D eigenvalue weighted by Crippen LogP contribution is 2.37. The zero-order valence-corrected chi connectivity index (χ0v) is 10.6. The molecule has 0 bridgehead atoms. The van der Waals surface area contributed by atoms with Gasteiger partial charge in [-0.05, 0) is 30.3 Å². The lowest BCUT2D eigenvalue weighted by atomic mass is 10.2. The molecule has 0 aliphatic rings. The van der Waals surface area contributed by atoms with Crippen molar-refractivity contribution in [3.63, 3.8) is 0 Å². The maximum Gasteiger partial charge on any atom is 0.416 e. The number of alkyl halides is 3. The normalized spacial score (nSPS) is 11.4. The smallest absolute Gasteiger partial charge is 0.416 e. The van der Waals surface area contributed by atoms with Gasteiger partial charge in [0.05, 0.1) is 16.3 Å². The number of ether oxygens (including phenoxy) is 1. The second-order valence-corrected chi connectivity index (χ2v) is 4.34. The zero-order chi connectivity index (χ0) is 14.9. The molecule has 0 radical (unpaired) electrons. The third-order valence-corrected chi connectivity index (χ3v) is 2.77. The van der Waals surface area contributed by atoms with Crippen LogP contribution >= 0.6 is 11.6 Å². The summed E-state index contributed by atoms with van der Waals surface area (Å²) in [5, 5.41) is -0.0183. The lowest BCUT2D eigenvalue weighted by Crippen LogP contribution is -2.04. The summed E-state index contributed by atoms with van der Waals surface area (Å²) in [5.74, 6) is -0.950. The third-order valence-electron chi connectivity index (χ3n) is 2.46. The van der Waals surface area contributed by atoms with Crippen molar-refractivity contribution < 1.29 is 22.3 Å². The zero-order valence-electron chi connectivity index (χ0n) is 9.84. The van der Waals surface area contributed by atoms with Crippen LogP contribution in [0, 0.1) is 5.82 Å². The molecule has 20 heavy (non-hydrogen) atoms. The van der Waals surface area contributed by atoms with E-state index in [0.717, 1.165) is 24.3 Å². The van der Waals surface area contributed by atoms with Gasteiger partial charge in [0.25, 0.3) is 0 Å². The van der Waals surface area contributed by atoms with E-state index in [2.05, 4.69) is 0 Å². The first-order chi connectivity index (χ1) is 9.27. The van der Waals surface area contributed by atoms with Crippen molar-refractivity contribution in [3.8, 4) is 11.5 Å². The molecule has 0 unspecified atom stereocenters. The van der Waals surface area contributed by atoms with E-state index < -0.39 is 17.6 Å². The van der Waals surface area contributed by atoms with Crippen molar-refractivity contribution in [2.75, 3.05) is 5.73 Å². The minimum atomic E-state index is -4.52. The van der Waals surface area contributed by atoms with Crippen LogP contribution in [0.4, 0.5) is 23.2 Å². The highest BCUT2D eigenvalue weighted by atomic mass is 35.5. The number of hydrogen-bond acceptors (Lipinski definition) is 2. The van der Waals surface area contributed by atoms with Crippen molar-refractivity contribution in [1.29, 1.82) is 0 Å². The summed E-state index contributed by atoms with van der Waals surface area (Å²) in [5.41, 5.74) is 4.29. The second-order valence-electron chi connectivity index (χ2n) is 3.93. The molecule has 0 aromatic heterocycles. The monoisotopic (exact) mass is 305 g/mol. The number of nitrogens with two attached hydrogens (primary N) is 1. The second kappa shape index (κ2) is 5.20. The van der Waals surface area contributed by atoms with Crippen LogP contribution < -0.4 is 10.5 Å². The molecule has 2 nitrogen and oxygen atoms in total. The molecule has 0 atom stereocenters. The molecule has 0 amide bonds. The van der Waals surface area contributed by atoms with Gasteiger partial charge in [0.2, 0.25) is 0 Å². The average Bonchev–Trinajstić information content (AvgIpc) is 2.35. The van der Waals surface area contributed by atoms with Gasteiger partial charge >= 0.3 is 6.18 Å². The van der Waals surface area contributed by atoms with Gasteiger partial charge in [0, 0.05) is 6.07 Å². The topological polar surface area (TPSA) is 35.2 Å². The lowest BCUT2D eigenvalue weighted by molar-refractivity contribution is -0.137. The van der Waals surface area contributed by atoms with E-state index in [1.807, 2.05) is 0 Å². The molecule has 7 heteroatoms. The number of rotatable bonds is 2. The average molecular weight is 306 g/mol. The summed E-state index contributed by atoms with van der Waals surface area (Å²) >= 11 is 5.76. The fourth-order valence-electron chi connectivity index (χ4n) is 1.46. The van der Waals surface area contributed by atoms with E-state index >= 15 is 0 Å². The van der Waals surface area contributed by atoms with Crippen molar-refractivity contribution in [3.05, 3.63) is 52.8 Å². The van der Waals surface area contributed by atoms with Crippen LogP contribution in [-0.2, 0) is 6.18 Å². The summed E-state index contributed by atoms with van der Waals surface area (Å²) in [7, 11) is 0. The molecule has 2 N–H and O–H groups in total. The predicted octanol–water partition coefficient (Wildman–Crippen LogP) is 4.87. The highest BCUT2D eigenvalue weighted by molar-refractivity contribution is 6.32. The molecule has 0 aliphatic heterocycles. The van der Waals surface area contributed by atoms with Gasteiger partial charge < -0.3 is 10.5 Å². The largest absolute Gasteiger partial charge is 0.456 e. The van der Waals surface area contributed by atoms with Gasteiger partial charge in [0.15, 0.2) is 0 Å². The van der Waals surface area contributed by atoms with Gasteiger partial charge in [-0.15, -0.1) is 0 Å². The molecule has 2 aromatic rings. The van der Waals surface area contributed by atoms with Crippen molar-refractivity contribution >= 4 is 17.3 Å². The fraction of sp³-hybridized carbons (Fsp3) is 0.0769. The van der Waals surface area contributed by atoms with Gasteiger partial charge in [-0.1, -0.05) is 11.6 Å². The fourth-order valence-corrected chi connectivity index (χ4v) is 1.61. The maximum absolute atomic E-state index is 13.2. The van der Waals surface area contributed by atoms with E-state index in [1.165, 1.54) is 12.1 Å². The number of halogens is 5. The molecule has 106 valence electrons. The van der Waals surface area contributed by atoms with Crippen LogP contribution in [0.25, 0.3) is 0 Å². The van der Waals surface area contributed by atoms with Crippen LogP contribution in [-0.4, -0.2) is 0 Å². The first-order valence-corrected chi connectivity index (χ1v) is 5.75. The molecule has 0 aliphatic carbocycles. The molecule has 2 aromatic carbocycles. The summed E-state index contributed by atoms with van der Waals surface area (Å²) in [6.45, 7) is 0. The molecule has 2 rings (SSSR count). The molecule has 0 saturated heterocycles. The van der Waals surface area contributed by atoms with Gasteiger partial charge in [0.1, 0.15) is 17.3 Å². The van der Waals surface area contributed by atoms with Gasteiger partial charge in [-0.25, -0.2) is 4.39 Å². The Morgan fingerprint density at radius 1 is 1.05 bits per heavy atom. The summed E-state index contributed by atoms with van der Waals surface area (Å²) < 4.78 is 56.1. The molecule has 0 fully saturated rings. The Kier molecular flexibility index (Phi) is 3.76. The van der Waals surface area contributed by atoms with Crippen LogP contribution in [0.5, 0.6) is 11.5 Å². The van der Waals surface area contributed by atoms with Crippen molar-refractivity contribution in [2.45, 2.75) is 6.18 Å². The van der Waals surface area contributed by atoms with Crippen LogP contribution in [0.2, 0.25) is 5.02 Å². The first kappa shape index (κ1) is 14.5. The number of hydrogen-bond donors (Lipinski definition) is 1. The Morgan fingerprint density at radius 3 is 2.35 bits per heavy atom. The van der Waals surface area contributed by atoms with E-state index in [0.29, 0.717) is 0 Å². The Labute approximate surface area is 116 Å². The third kappa shape index (κ3) is 3.14. The standard InChI is InChI=1S/C13H8ClF4NO/c14-9-3-1-7(13(16,17)18)5-12(9)20-8-2-4-11(19)10(15)6-8/h1-6H,19H2. The van der Waals surface area contributed by atoms with Crippen LogP contribution in [0.3, 0.4) is 0 Å². The highest BCUT2D eigenvalue weighted by Gasteiger charge is 2.31. The first-order valence-electron chi connectivity index (χ1n) is 5.37. The van der Waals surface area contributed by atoms with Crippen LogP contribution in [0.1, 0.15) is 5.56 Å². The lowest BCUT2D eigenvalue weighted by Gasteiger charge is -2.12. The Bertz CT molecular complexity index is 643. The number of nitrogen functional groups attached to an aromatic ring is 1. The molecule has 0 saturated carbocycles. The molecular weight excluding hydrogens is 298 g/mol. The predicted molar refractivity (Wildman–Crippen MR) is 67.3 cm³/mol. The minimum absolute atomic E-state index is 0.00192. The molecular formula is C13H8ClF4NO. The quantitative estimate of drug-likeness (QED) is 0.634. The van der Waals surface area contributed by atoms with E-state index in [1.54, 1.807) is 0 Å². The molecule has 0 spiro atoms. The van der Waals surface area contributed by atoms with E-state index in [4.69, 9.17) is 22.1 Å². The van der Waals surface area contributed by atoms with Gasteiger partial charge in [-0.2, -0.15) is 13.2 Å². The van der Waals surface area contributed by atoms with E-state index in [-0.39, 0.29) is 22.2 Å².